The minimum absolute atomic E-state index is 0.187. The highest BCUT2D eigenvalue weighted by Crippen LogP contribution is 2.23. The van der Waals surface area contributed by atoms with Crippen LogP contribution >= 0.6 is 27.5 Å². The molecule has 9 heteroatoms. The molecule has 1 aliphatic heterocycles. The highest BCUT2D eigenvalue weighted by molar-refractivity contribution is 9.10. The van der Waals surface area contributed by atoms with Crippen LogP contribution in [0.1, 0.15) is 5.56 Å². The van der Waals surface area contributed by atoms with Gasteiger partial charge in [0.2, 0.25) is 5.91 Å². The highest BCUT2D eigenvalue weighted by atomic mass is 79.9. The van der Waals surface area contributed by atoms with Gasteiger partial charge < -0.3 is 5.32 Å². The molecule has 0 aromatic heterocycles. The van der Waals surface area contributed by atoms with Gasteiger partial charge in [-0.25, -0.2) is 0 Å². The molecular weight excluding hydrogens is 442 g/mol. The molecular formula is C17H17BrClN3O3S. The fraction of sp³-hybridized carbons (Fsp3) is 0.235. The predicted molar refractivity (Wildman–Crippen MR) is 105 cm³/mol. The van der Waals surface area contributed by atoms with E-state index in [0.29, 0.717) is 17.3 Å². The third-order valence-corrected chi connectivity index (χ3v) is 6.83. The molecule has 2 aromatic carbocycles. The molecule has 2 aromatic rings. The summed E-state index contributed by atoms with van der Waals surface area (Å²) in [5.74, 6) is -0.379. The lowest BCUT2D eigenvalue weighted by Crippen LogP contribution is -2.37. The van der Waals surface area contributed by atoms with E-state index in [-0.39, 0.29) is 25.5 Å². The standard InChI is InChI=1S/C17H17BrClN3O3S/c18-14-5-7-15(8-6-14)20-17(23)12-22-10-9-21(26(22,24)25)11-13-3-1-2-4-16(13)19/h1-8H,9-12H2,(H,20,23). The van der Waals surface area contributed by atoms with Crippen molar-refractivity contribution in [2.24, 2.45) is 0 Å². The molecule has 1 N–H and O–H groups in total. The largest absolute Gasteiger partial charge is 0.325 e. The van der Waals surface area contributed by atoms with Crippen LogP contribution in [0.3, 0.4) is 0 Å². The van der Waals surface area contributed by atoms with Gasteiger partial charge in [-0.1, -0.05) is 45.7 Å². The smallest absolute Gasteiger partial charge is 0.282 e. The molecule has 138 valence electrons. The number of hydrogen-bond acceptors (Lipinski definition) is 3. The van der Waals surface area contributed by atoms with E-state index in [0.717, 1.165) is 10.0 Å². The van der Waals surface area contributed by atoms with Gasteiger partial charge in [-0.2, -0.15) is 17.0 Å². The number of amides is 1. The Kier molecular flexibility index (Phi) is 5.99. The lowest BCUT2D eigenvalue weighted by atomic mass is 10.2. The predicted octanol–water partition coefficient (Wildman–Crippen LogP) is 3.10. The van der Waals surface area contributed by atoms with E-state index >= 15 is 0 Å². The fourth-order valence-corrected chi connectivity index (χ4v) is 4.64. The number of anilines is 1. The molecule has 0 atom stereocenters. The molecule has 0 saturated carbocycles. The zero-order valence-corrected chi connectivity index (χ0v) is 16.9. The number of carbonyl (C=O) groups is 1. The lowest BCUT2D eigenvalue weighted by Gasteiger charge is -2.19. The van der Waals surface area contributed by atoms with E-state index in [4.69, 9.17) is 11.6 Å². The Morgan fingerprint density at radius 1 is 1.08 bits per heavy atom. The molecule has 0 unspecified atom stereocenters. The second-order valence-corrected chi connectivity index (χ2v) is 9.07. The second kappa shape index (κ2) is 8.06. The summed E-state index contributed by atoms with van der Waals surface area (Å²) in [6.45, 7) is 0.546. The summed E-state index contributed by atoms with van der Waals surface area (Å²) >= 11 is 9.44. The molecule has 6 nitrogen and oxygen atoms in total. The number of nitrogens with one attached hydrogen (secondary N) is 1. The normalized spacial score (nSPS) is 17.3. The third kappa shape index (κ3) is 4.44. The zero-order chi connectivity index (χ0) is 18.7. The van der Waals surface area contributed by atoms with Crippen molar-refractivity contribution >= 4 is 49.3 Å². The van der Waals surface area contributed by atoms with Crippen LogP contribution in [-0.4, -0.2) is 42.6 Å². The molecule has 1 fully saturated rings. The van der Waals surface area contributed by atoms with E-state index in [2.05, 4.69) is 21.2 Å². The Morgan fingerprint density at radius 3 is 2.42 bits per heavy atom. The van der Waals surface area contributed by atoms with E-state index in [1.54, 1.807) is 42.5 Å². The maximum atomic E-state index is 12.7. The van der Waals surface area contributed by atoms with Crippen molar-refractivity contribution in [2.75, 3.05) is 25.0 Å². The highest BCUT2D eigenvalue weighted by Gasteiger charge is 2.37. The van der Waals surface area contributed by atoms with Crippen LogP contribution < -0.4 is 5.32 Å². The topological polar surface area (TPSA) is 69.7 Å². The average Bonchev–Trinajstić information content (AvgIpc) is 2.86. The van der Waals surface area contributed by atoms with E-state index in [1.807, 2.05) is 6.07 Å². The minimum Gasteiger partial charge on any atom is -0.325 e. The van der Waals surface area contributed by atoms with E-state index < -0.39 is 10.2 Å². The SMILES string of the molecule is O=C(CN1CCN(Cc2ccccc2Cl)S1(=O)=O)Nc1ccc(Br)cc1. The monoisotopic (exact) mass is 457 g/mol. The lowest BCUT2D eigenvalue weighted by molar-refractivity contribution is -0.116. The summed E-state index contributed by atoms with van der Waals surface area (Å²) in [5, 5.41) is 3.22. The van der Waals surface area contributed by atoms with E-state index in [9.17, 15) is 13.2 Å². The Morgan fingerprint density at radius 2 is 1.73 bits per heavy atom. The molecule has 0 bridgehead atoms. The molecule has 3 rings (SSSR count). The number of nitrogens with zero attached hydrogens (tertiary/aromatic N) is 2. The van der Waals surface area contributed by atoms with Gasteiger partial charge in [0.25, 0.3) is 10.2 Å². The maximum Gasteiger partial charge on any atom is 0.282 e. The molecule has 1 heterocycles. The first-order chi connectivity index (χ1) is 12.4. The summed E-state index contributed by atoms with van der Waals surface area (Å²) in [6.07, 6.45) is 0. The second-order valence-electron chi connectivity index (χ2n) is 5.82. The Balaban J connectivity index is 1.63. The number of rotatable bonds is 5. The Hall–Kier alpha value is -1.45. The summed E-state index contributed by atoms with van der Waals surface area (Å²) < 4.78 is 28.7. The molecule has 1 saturated heterocycles. The molecule has 26 heavy (non-hydrogen) atoms. The molecule has 1 aliphatic rings. The van der Waals surface area contributed by atoms with E-state index in [1.165, 1.54) is 8.61 Å². The van der Waals surface area contributed by atoms with Gasteiger partial charge >= 0.3 is 0 Å². The number of carbonyl (C=O) groups excluding carboxylic acids is 1. The molecule has 0 aliphatic carbocycles. The van der Waals surface area contributed by atoms with Gasteiger partial charge in [0.15, 0.2) is 0 Å². The van der Waals surface area contributed by atoms with Crippen LogP contribution in [-0.2, 0) is 21.5 Å². The van der Waals surface area contributed by atoms with Crippen molar-refractivity contribution in [1.82, 2.24) is 8.61 Å². The molecule has 0 spiro atoms. The number of hydrogen-bond donors (Lipinski definition) is 1. The van der Waals surface area contributed by atoms with Crippen LogP contribution in [0.2, 0.25) is 5.02 Å². The molecule has 1 amide bonds. The first-order valence-corrected chi connectivity index (χ1v) is 10.5. The van der Waals surface area contributed by atoms with Crippen molar-refractivity contribution < 1.29 is 13.2 Å². The third-order valence-electron chi connectivity index (χ3n) is 4.00. The number of halogens is 2. The Labute approximate surface area is 166 Å². The fourth-order valence-electron chi connectivity index (χ4n) is 2.65. The van der Waals surface area contributed by atoms with Crippen molar-refractivity contribution in [2.45, 2.75) is 6.54 Å². The first kappa shape index (κ1) is 19.3. The summed E-state index contributed by atoms with van der Waals surface area (Å²) in [6, 6.07) is 14.2. The minimum atomic E-state index is -3.70. The van der Waals surface area contributed by atoms with Crippen molar-refractivity contribution in [1.29, 1.82) is 0 Å². The van der Waals surface area contributed by atoms with Gasteiger partial charge in [0.1, 0.15) is 0 Å². The Bertz CT molecular complexity index is 906. The summed E-state index contributed by atoms with van der Waals surface area (Å²) in [5.41, 5.74) is 1.35. The van der Waals surface area contributed by atoms with Crippen LogP contribution in [0.5, 0.6) is 0 Å². The van der Waals surface area contributed by atoms with Crippen LogP contribution in [0.25, 0.3) is 0 Å². The van der Waals surface area contributed by atoms with Gasteiger partial charge in [0, 0.05) is 34.8 Å². The van der Waals surface area contributed by atoms with Crippen LogP contribution in [0.4, 0.5) is 5.69 Å². The average molecular weight is 459 g/mol. The maximum absolute atomic E-state index is 12.7. The van der Waals surface area contributed by atoms with Crippen molar-refractivity contribution in [3.8, 4) is 0 Å². The molecule has 0 radical (unpaired) electrons. The first-order valence-electron chi connectivity index (χ1n) is 7.90. The van der Waals surface area contributed by atoms with Gasteiger partial charge in [-0.05, 0) is 35.9 Å². The van der Waals surface area contributed by atoms with Gasteiger partial charge in [-0.3, -0.25) is 4.79 Å². The van der Waals surface area contributed by atoms with Crippen molar-refractivity contribution in [3.63, 3.8) is 0 Å². The van der Waals surface area contributed by atoms with Gasteiger partial charge in [-0.15, -0.1) is 0 Å². The summed E-state index contributed by atoms with van der Waals surface area (Å²) in [7, 11) is -3.70. The number of benzene rings is 2. The summed E-state index contributed by atoms with van der Waals surface area (Å²) in [4.78, 5) is 12.2. The van der Waals surface area contributed by atoms with Gasteiger partial charge in [0.05, 0.1) is 6.54 Å². The van der Waals surface area contributed by atoms with Crippen molar-refractivity contribution in [3.05, 3.63) is 63.6 Å². The zero-order valence-electron chi connectivity index (χ0n) is 13.7. The van der Waals surface area contributed by atoms with Crippen LogP contribution in [0.15, 0.2) is 53.0 Å². The quantitative estimate of drug-likeness (QED) is 0.748. The van der Waals surface area contributed by atoms with Crippen LogP contribution in [0, 0.1) is 0 Å².